The van der Waals surface area contributed by atoms with Crippen molar-refractivity contribution in [1.29, 1.82) is 0 Å². The Morgan fingerprint density at radius 2 is 1.71 bits per heavy atom. The Morgan fingerprint density at radius 1 is 0.923 bits per heavy atom. The fourth-order valence-corrected chi connectivity index (χ4v) is 9.07. The molecular formula is C44H51N5O3. The maximum Gasteiger partial charge on any atom is 0.153 e. The molecule has 8 rings (SSSR count). The van der Waals surface area contributed by atoms with Crippen molar-refractivity contribution in [2.75, 3.05) is 44.7 Å². The molecule has 8 heteroatoms. The highest BCUT2D eigenvalue weighted by atomic mass is 16.5. The number of rotatable bonds is 10. The molecular weight excluding hydrogens is 647 g/mol. The van der Waals surface area contributed by atoms with E-state index in [1.54, 1.807) is 13.3 Å². The van der Waals surface area contributed by atoms with E-state index in [2.05, 4.69) is 88.1 Å². The van der Waals surface area contributed by atoms with Crippen LogP contribution in [0.4, 0.5) is 5.69 Å². The Labute approximate surface area is 308 Å². The maximum atomic E-state index is 12.0. The van der Waals surface area contributed by atoms with E-state index < -0.39 is 0 Å². The first-order valence-corrected chi connectivity index (χ1v) is 18.9. The molecule has 3 aliphatic rings. The molecule has 1 atom stereocenters. The molecule has 8 nitrogen and oxygen atoms in total. The number of fused-ring (bicyclic) bond motifs is 1. The summed E-state index contributed by atoms with van der Waals surface area (Å²) in [5.41, 5.74) is 8.29. The van der Waals surface area contributed by atoms with Gasteiger partial charge < -0.3 is 18.9 Å². The largest absolute Gasteiger partial charge is 0.497 e. The predicted octanol–water partition coefficient (Wildman–Crippen LogP) is 8.62. The number of methoxy groups -OCH3 is 1. The van der Waals surface area contributed by atoms with Crippen LogP contribution in [0.5, 0.6) is 17.2 Å². The monoisotopic (exact) mass is 697 g/mol. The van der Waals surface area contributed by atoms with Gasteiger partial charge in [0.15, 0.2) is 6.29 Å². The number of carbonyl (C=O) groups is 1. The highest BCUT2D eigenvalue weighted by molar-refractivity contribution is 5.81. The van der Waals surface area contributed by atoms with Gasteiger partial charge in [0.2, 0.25) is 0 Å². The number of benzene rings is 3. The smallest absolute Gasteiger partial charge is 0.153 e. The van der Waals surface area contributed by atoms with Crippen molar-refractivity contribution in [3.63, 3.8) is 0 Å². The number of hydrogen-bond donors (Lipinski definition) is 0. The Bertz CT molecular complexity index is 2020. The van der Waals surface area contributed by atoms with Gasteiger partial charge in [0, 0.05) is 82.4 Å². The number of ether oxygens (including phenoxy) is 2. The van der Waals surface area contributed by atoms with Crippen LogP contribution in [0.3, 0.4) is 0 Å². The van der Waals surface area contributed by atoms with Crippen LogP contribution in [-0.2, 0) is 13.6 Å². The first-order chi connectivity index (χ1) is 25.3. The average molecular weight is 698 g/mol. The number of piperidine rings is 1. The van der Waals surface area contributed by atoms with Crippen LogP contribution < -0.4 is 14.4 Å². The van der Waals surface area contributed by atoms with E-state index >= 15 is 0 Å². The van der Waals surface area contributed by atoms with Crippen molar-refractivity contribution in [2.24, 2.45) is 12.5 Å². The Hall–Kier alpha value is -4.66. The number of aldehydes is 1. The summed E-state index contributed by atoms with van der Waals surface area (Å²) in [6.45, 7) is 10.9. The van der Waals surface area contributed by atoms with Gasteiger partial charge in [0.1, 0.15) is 17.2 Å². The summed E-state index contributed by atoms with van der Waals surface area (Å²) >= 11 is 0. The van der Waals surface area contributed by atoms with Gasteiger partial charge in [0.05, 0.1) is 29.9 Å². The highest BCUT2D eigenvalue weighted by Gasteiger charge is 2.50. The second-order valence-corrected chi connectivity index (χ2v) is 15.6. The minimum absolute atomic E-state index is 0.389. The standard InChI is InChI=1S/C44H51N5O3/c1-31(2)38-7-5-6-8-39(38)42-29-47(28-32-9-13-36(51-4)14-10-32)21-22-49(42)35-25-44(26-35)16-19-48(20-17-44)34-12-11-33(30-50)43(23-34)52-37-24-41-40(45-27-37)15-18-46(41)3/h5-15,18,23-24,27,30-31,35,42H,16-17,19-22,25-26,28-29H2,1-4H3. The van der Waals surface area contributed by atoms with Crippen LogP contribution >= 0.6 is 0 Å². The summed E-state index contributed by atoms with van der Waals surface area (Å²) in [5, 5.41) is 0. The zero-order valence-electron chi connectivity index (χ0n) is 31.0. The van der Waals surface area contributed by atoms with Gasteiger partial charge in [0.25, 0.3) is 0 Å². The van der Waals surface area contributed by atoms with E-state index in [1.807, 2.05) is 42.1 Å². The average Bonchev–Trinajstić information content (AvgIpc) is 3.53. The maximum absolute atomic E-state index is 12.0. The summed E-state index contributed by atoms with van der Waals surface area (Å²) in [7, 11) is 3.72. The summed E-state index contributed by atoms with van der Waals surface area (Å²) in [6.07, 6.45) is 9.51. The SMILES string of the molecule is COc1ccc(CN2CCN(C3CC4(CCN(c5ccc(C=O)c(Oc6cnc7ccn(C)c7c6)c5)CC4)C3)C(c3ccccc3C(C)C)C2)cc1. The molecule has 3 aromatic carbocycles. The van der Waals surface area contributed by atoms with Gasteiger partial charge in [-0.15, -0.1) is 0 Å². The van der Waals surface area contributed by atoms with E-state index in [1.165, 1.54) is 42.4 Å². The molecule has 3 fully saturated rings. The fraction of sp³-hybridized carbons (Fsp3) is 0.409. The Morgan fingerprint density at radius 3 is 2.46 bits per heavy atom. The van der Waals surface area contributed by atoms with Crippen molar-refractivity contribution in [2.45, 2.75) is 64.1 Å². The van der Waals surface area contributed by atoms with Gasteiger partial charge in [-0.25, -0.2) is 0 Å². The summed E-state index contributed by atoms with van der Waals surface area (Å²) in [6, 6.07) is 28.7. The Balaban J connectivity index is 0.939. The number of aromatic nitrogens is 2. The molecule has 0 radical (unpaired) electrons. The van der Waals surface area contributed by atoms with Crippen LogP contribution in [-0.4, -0.2) is 71.5 Å². The minimum atomic E-state index is 0.389. The quantitative estimate of drug-likeness (QED) is 0.136. The van der Waals surface area contributed by atoms with Gasteiger partial charge in [-0.05, 0) is 84.0 Å². The lowest BCUT2D eigenvalue weighted by Crippen LogP contribution is -2.60. The van der Waals surface area contributed by atoms with Crippen LogP contribution in [0.25, 0.3) is 11.0 Å². The van der Waals surface area contributed by atoms with Gasteiger partial charge >= 0.3 is 0 Å². The van der Waals surface area contributed by atoms with E-state index in [-0.39, 0.29) is 0 Å². The molecule has 270 valence electrons. The number of pyridine rings is 1. The molecule has 4 heterocycles. The lowest BCUT2D eigenvalue weighted by Gasteiger charge is -2.58. The first-order valence-electron chi connectivity index (χ1n) is 18.9. The van der Waals surface area contributed by atoms with Crippen molar-refractivity contribution in [3.8, 4) is 17.2 Å². The van der Waals surface area contributed by atoms with Crippen LogP contribution in [0.1, 0.15) is 78.5 Å². The van der Waals surface area contributed by atoms with Gasteiger partial charge in [-0.1, -0.05) is 50.2 Å². The molecule has 2 aliphatic heterocycles. The first kappa shape index (κ1) is 34.4. The zero-order valence-corrected chi connectivity index (χ0v) is 31.0. The van der Waals surface area contributed by atoms with E-state index in [4.69, 9.17) is 9.47 Å². The molecule has 0 bridgehead atoms. The summed E-state index contributed by atoms with van der Waals surface area (Å²) in [4.78, 5) is 24.5. The second-order valence-electron chi connectivity index (χ2n) is 15.6. The van der Waals surface area contributed by atoms with Crippen LogP contribution in [0.2, 0.25) is 0 Å². The highest BCUT2D eigenvalue weighted by Crippen LogP contribution is 2.53. The van der Waals surface area contributed by atoms with Crippen molar-refractivity contribution >= 4 is 23.0 Å². The fourth-order valence-electron chi connectivity index (χ4n) is 9.07. The Kier molecular flexibility index (Phi) is 9.53. The lowest BCUT2D eigenvalue weighted by molar-refractivity contribution is -0.0628. The normalized spacial score (nSPS) is 19.6. The van der Waals surface area contributed by atoms with Crippen molar-refractivity contribution < 1.29 is 14.3 Å². The minimum Gasteiger partial charge on any atom is -0.497 e. The second kappa shape index (κ2) is 14.4. The molecule has 5 aromatic rings. The van der Waals surface area contributed by atoms with Crippen LogP contribution in [0.15, 0.2) is 91.3 Å². The molecule has 2 saturated heterocycles. The number of anilines is 1. The van der Waals surface area contributed by atoms with Crippen LogP contribution in [0, 0.1) is 5.41 Å². The number of hydrogen-bond acceptors (Lipinski definition) is 7. The number of piperazine rings is 1. The van der Waals surface area contributed by atoms with E-state index in [0.29, 0.717) is 40.5 Å². The molecule has 0 N–H and O–H groups in total. The number of carbonyl (C=O) groups excluding carboxylic acids is 1. The number of nitrogens with zero attached hydrogens (tertiary/aromatic N) is 5. The molecule has 2 aromatic heterocycles. The predicted molar refractivity (Wildman–Crippen MR) is 208 cm³/mol. The third-order valence-electron chi connectivity index (χ3n) is 12.1. The number of aryl methyl sites for hydroxylation is 1. The summed E-state index contributed by atoms with van der Waals surface area (Å²) < 4.78 is 13.7. The van der Waals surface area contributed by atoms with Crippen molar-refractivity contribution in [3.05, 3.63) is 114 Å². The van der Waals surface area contributed by atoms with Gasteiger partial charge in [-0.3, -0.25) is 19.6 Å². The lowest BCUT2D eigenvalue weighted by atomic mass is 9.59. The summed E-state index contributed by atoms with van der Waals surface area (Å²) in [5.74, 6) is 2.60. The van der Waals surface area contributed by atoms with E-state index in [9.17, 15) is 4.79 Å². The zero-order chi connectivity index (χ0) is 35.8. The molecule has 0 amide bonds. The third kappa shape index (κ3) is 6.82. The third-order valence-corrected chi connectivity index (χ3v) is 12.1. The molecule has 1 aliphatic carbocycles. The molecule has 1 spiro atoms. The van der Waals surface area contributed by atoms with E-state index in [0.717, 1.165) is 68.0 Å². The molecule has 52 heavy (non-hydrogen) atoms. The molecule has 1 saturated carbocycles. The topological polar surface area (TPSA) is 63.1 Å². The van der Waals surface area contributed by atoms with Crippen molar-refractivity contribution in [1.82, 2.24) is 19.4 Å². The molecule has 1 unspecified atom stereocenters. The van der Waals surface area contributed by atoms with Gasteiger partial charge in [-0.2, -0.15) is 0 Å².